The van der Waals surface area contributed by atoms with Gasteiger partial charge in [0, 0.05) is 12.4 Å². The SMILES string of the molecule is O=C(Nc1ncnc2nc[nH]c12)n1ccnc1. The van der Waals surface area contributed by atoms with Gasteiger partial charge in [0.2, 0.25) is 0 Å². The Morgan fingerprint density at radius 1 is 1.35 bits per heavy atom. The molecule has 0 fully saturated rings. The molecular weight excluding hydrogens is 222 g/mol. The van der Waals surface area contributed by atoms with E-state index in [1.165, 1.54) is 29.7 Å². The van der Waals surface area contributed by atoms with E-state index >= 15 is 0 Å². The largest absolute Gasteiger partial charge is 0.340 e. The van der Waals surface area contributed by atoms with E-state index in [0.29, 0.717) is 17.0 Å². The van der Waals surface area contributed by atoms with Crippen molar-refractivity contribution in [2.24, 2.45) is 0 Å². The molecule has 0 bridgehead atoms. The van der Waals surface area contributed by atoms with Gasteiger partial charge in [0.25, 0.3) is 0 Å². The van der Waals surface area contributed by atoms with Gasteiger partial charge in [0.1, 0.15) is 18.2 Å². The quantitative estimate of drug-likeness (QED) is 0.637. The number of fused-ring (bicyclic) bond motifs is 1. The highest BCUT2D eigenvalue weighted by Crippen LogP contribution is 2.14. The molecule has 0 atom stereocenters. The van der Waals surface area contributed by atoms with Gasteiger partial charge >= 0.3 is 6.03 Å². The minimum atomic E-state index is -0.350. The Morgan fingerprint density at radius 3 is 3.12 bits per heavy atom. The van der Waals surface area contributed by atoms with E-state index in [1.54, 1.807) is 6.20 Å². The molecule has 0 saturated carbocycles. The van der Waals surface area contributed by atoms with Gasteiger partial charge in [-0.1, -0.05) is 0 Å². The molecule has 0 spiro atoms. The van der Waals surface area contributed by atoms with Crippen LogP contribution in [0.3, 0.4) is 0 Å². The Labute approximate surface area is 94.8 Å². The zero-order valence-corrected chi connectivity index (χ0v) is 8.53. The molecule has 8 heteroatoms. The van der Waals surface area contributed by atoms with Crippen LogP contribution in [0.2, 0.25) is 0 Å². The van der Waals surface area contributed by atoms with E-state index in [0.717, 1.165) is 0 Å². The van der Waals surface area contributed by atoms with Crippen LogP contribution in [-0.2, 0) is 0 Å². The van der Waals surface area contributed by atoms with Gasteiger partial charge in [-0.05, 0) is 0 Å². The molecule has 3 heterocycles. The van der Waals surface area contributed by atoms with Crippen molar-refractivity contribution >= 4 is 23.0 Å². The van der Waals surface area contributed by atoms with E-state index in [-0.39, 0.29) is 6.03 Å². The van der Waals surface area contributed by atoms with Crippen LogP contribution < -0.4 is 5.32 Å². The summed E-state index contributed by atoms with van der Waals surface area (Å²) >= 11 is 0. The topological polar surface area (TPSA) is 101 Å². The first kappa shape index (κ1) is 9.46. The molecule has 0 aliphatic heterocycles. The van der Waals surface area contributed by atoms with Crippen molar-refractivity contribution in [2.45, 2.75) is 0 Å². The smallest absolute Gasteiger partial charge is 0.332 e. The second kappa shape index (κ2) is 3.67. The first-order valence-electron chi connectivity index (χ1n) is 4.78. The Kier molecular flexibility index (Phi) is 2.04. The van der Waals surface area contributed by atoms with Crippen molar-refractivity contribution in [3.8, 4) is 0 Å². The lowest BCUT2D eigenvalue weighted by Crippen LogP contribution is -2.18. The van der Waals surface area contributed by atoms with Crippen molar-refractivity contribution in [1.82, 2.24) is 29.5 Å². The summed E-state index contributed by atoms with van der Waals surface area (Å²) in [5.41, 5.74) is 1.09. The van der Waals surface area contributed by atoms with E-state index in [9.17, 15) is 4.79 Å². The Balaban J connectivity index is 1.95. The number of hydrogen-bond donors (Lipinski definition) is 2. The fraction of sp³-hybridized carbons (Fsp3) is 0. The standard InChI is InChI=1S/C9H7N7O/c17-9(16-2-1-10-5-16)15-8-6-7(12-3-11-6)13-4-14-8/h1-5H,(H2,11,12,13,14,15,17). The Hall–Kier alpha value is -2.77. The summed E-state index contributed by atoms with van der Waals surface area (Å²) in [6.45, 7) is 0. The normalized spacial score (nSPS) is 10.6. The second-order valence-corrected chi connectivity index (χ2v) is 3.22. The highest BCUT2D eigenvalue weighted by atomic mass is 16.2. The predicted octanol–water partition coefficient (Wildman–Crippen LogP) is 0.630. The summed E-state index contributed by atoms with van der Waals surface area (Å²) < 4.78 is 1.31. The minimum Gasteiger partial charge on any atom is -0.340 e. The van der Waals surface area contributed by atoms with Gasteiger partial charge in [-0.15, -0.1) is 0 Å². The first-order chi connectivity index (χ1) is 8.34. The molecular formula is C9H7N7O. The van der Waals surface area contributed by atoms with Crippen LogP contribution in [-0.4, -0.2) is 35.5 Å². The fourth-order valence-electron chi connectivity index (χ4n) is 1.40. The molecule has 0 aliphatic carbocycles. The fourth-order valence-corrected chi connectivity index (χ4v) is 1.40. The maximum absolute atomic E-state index is 11.8. The molecule has 3 aromatic heterocycles. The van der Waals surface area contributed by atoms with Crippen LogP contribution in [0.5, 0.6) is 0 Å². The molecule has 3 aromatic rings. The molecule has 2 N–H and O–H groups in total. The molecule has 3 rings (SSSR count). The molecule has 0 radical (unpaired) electrons. The van der Waals surface area contributed by atoms with Gasteiger partial charge in [-0.3, -0.25) is 9.88 Å². The number of rotatable bonds is 1. The van der Waals surface area contributed by atoms with Crippen LogP contribution in [0, 0.1) is 0 Å². The molecule has 0 saturated heterocycles. The third kappa shape index (κ3) is 1.61. The number of nitrogens with zero attached hydrogens (tertiary/aromatic N) is 5. The number of hydrogen-bond acceptors (Lipinski definition) is 5. The number of aromatic amines is 1. The highest BCUT2D eigenvalue weighted by molar-refractivity contribution is 5.96. The van der Waals surface area contributed by atoms with Gasteiger partial charge in [0.15, 0.2) is 11.5 Å². The summed E-state index contributed by atoms with van der Waals surface area (Å²) in [7, 11) is 0. The summed E-state index contributed by atoms with van der Waals surface area (Å²) in [6.07, 6.45) is 7.30. The number of aromatic nitrogens is 6. The van der Waals surface area contributed by atoms with E-state index in [4.69, 9.17) is 0 Å². The highest BCUT2D eigenvalue weighted by Gasteiger charge is 2.10. The second-order valence-electron chi connectivity index (χ2n) is 3.22. The predicted molar refractivity (Wildman–Crippen MR) is 58.3 cm³/mol. The lowest BCUT2D eigenvalue weighted by atomic mass is 10.5. The molecule has 0 aromatic carbocycles. The number of imidazole rings is 2. The third-order valence-electron chi connectivity index (χ3n) is 2.19. The van der Waals surface area contributed by atoms with Crippen molar-refractivity contribution in [3.05, 3.63) is 31.4 Å². The van der Waals surface area contributed by atoms with Crippen molar-refractivity contribution in [1.29, 1.82) is 0 Å². The number of carbonyl (C=O) groups is 1. The van der Waals surface area contributed by atoms with E-state index in [1.807, 2.05) is 0 Å². The maximum Gasteiger partial charge on any atom is 0.332 e. The van der Waals surface area contributed by atoms with Crippen molar-refractivity contribution < 1.29 is 4.79 Å². The van der Waals surface area contributed by atoms with Gasteiger partial charge in [-0.25, -0.2) is 24.7 Å². The molecule has 0 unspecified atom stereocenters. The van der Waals surface area contributed by atoms with Gasteiger partial charge in [0.05, 0.1) is 6.33 Å². The zero-order chi connectivity index (χ0) is 11.7. The summed E-state index contributed by atoms with van der Waals surface area (Å²) in [5, 5.41) is 2.64. The zero-order valence-electron chi connectivity index (χ0n) is 8.53. The number of amides is 1. The number of nitrogens with one attached hydrogen (secondary N) is 2. The number of anilines is 1. The van der Waals surface area contributed by atoms with Crippen LogP contribution in [0.25, 0.3) is 11.2 Å². The van der Waals surface area contributed by atoms with Crippen molar-refractivity contribution in [2.75, 3.05) is 5.32 Å². The summed E-state index contributed by atoms with van der Waals surface area (Å²) in [6, 6.07) is -0.350. The van der Waals surface area contributed by atoms with Crippen LogP contribution in [0.15, 0.2) is 31.4 Å². The van der Waals surface area contributed by atoms with Crippen LogP contribution >= 0.6 is 0 Å². The molecule has 17 heavy (non-hydrogen) atoms. The minimum absolute atomic E-state index is 0.350. The molecule has 1 amide bonds. The maximum atomic E-state index is 11.8. The first-order valence-corrected chi connectivity index (χ1v) is 4.78. The van der Waals surface area contributed by atoms with Crippen LogP contribution in [0.1, 0.15) is 0 Å². The van der Waals surface area contributed by atoms with Crippen LogP contribution in [0.4, 0.5) is 10.6 Å². The monoisotopic (exact) mass is 229 g/mol. The third-order valence-corrected chi connectivity index (χ3v) is 2.19. The average Bonchev–Trinajstić information content (AvgIpc) is 3.00. The Morgan fingerprint density at radius 2 is 2.29 bits per heavy atom. The lowest BCUT2D eigenvalue weighted by Gasteiger charge is -2.04. The molecule has 84 valence electrons. The van der Waals surface area contributed by atoms with Crippen molar-refractivity contribution in [3.63, 3.8) is 0 Å². The molecule has 0 aliphatic rings. The van der Waals surface area contributed by atoms with Gasteiger partial charge in [-0.2, -0.15) is 0 Å². The van der Waals surface area contributed by atoms with E-state index < -0.39 is 0 Å². The molecule has 8 nitrogen and oxygen atoms in total. The lowest BCUT2D eigenvalue weighted by molar-refractivity contribution is 0.253. The summed E-state index contributed by atoms with van der Waals surface area (Å²) in [5.74, 6) is 0.381. The van der Waals surface area contributed by atoms with E-state index in [2.05, 4.69) is 30.2 Å². The average molecular weight is 229 g/mol. The summed E-state index contributed by atoms with van der Waals surface area (Å²) in [4.78, 5) is 30.3. The number of H-pyrrole nitrogens is 1. The number of carbonyl (C=O) groups excluding carboxylic acids is 1. The van der Waals surface area contributed by atoms with Gasteiger partial charge < -0.3 is 4.98 Å². The Bertz CT molecular complexity index is 657.